The Morgan fingerprint density at radius 1 is 0.306 bits per heavy atom. The van der Waals surface area contributed by atoms with Crippen LogP contribution in [0.2, 0.25) is 0 Å². The molecule has 13 rings (SSSR count). The lowest BCUT2D eigenvalue weighted by Gasteiger charge is -2.27. The van der Waals surface area contributed by atoms with Crippen LogP contribution in [0.1, 0.15) is 0 Å². The highest BCUT2D eigenvalue weighted by molar-refractivity contribution is 7.26. The maximum atomic E-state index is 2.49. The highest BCUT2D eigenvalue weighted by Gasteiger charge is 2.22. The number of hydrogen-bond donors (Lipinski definition) is 0. The molecule has 290 valence electrons. The molecule has 0 aliphatic carbocycles. The van der Waals surface area contributed by atoms with Crippen LogP contribution in [0.15, 0.2) is 218 Å². The number of nitrogens with zero attached hydrogens (tertiary/aromatic N) is 2. The first-order valence-corrected chi connectivity index (χ1v) is 22.7. The highest BCUT2D eigenvalue weighted by Crippen LogP contribution is 2.48. The van der Waals surface area contributed by atoms with Crippen LogP contribution in [0.4, 0.5) is 17.1 Å². The van der Waals surface area contributed by atoms with Gasteiger partial charge in [0, 0.05) is 73.6 Å². The molecule has 0 unspecified atom stereocenters. The maximum Gasteiger partial charge on any atom is 0.0548 e. The van der Waals surface area contributed by atoms with Gasteiger partial charge in [0.05, 0.1) is 16.7 Å². The van der Waals surface area contributed by atoms with Crippen molar-refractivity contribution in [2.45, 2.75) is 0 Å². The zero-order valence-electron chi connectivity index (χ0n) is 33.5. The third-order valence-electron chi connectivity index (χ3n) is 12.6. The summed E-state index contributed by atoms with van der Waals surface area (Å²) >= 11 is 3.78. The Morgan fingerprint density at radius 2 is 0.758 bits per heavy atom. The molecule has 0 bridgehead atoms. The lowest BCUT2D eigenvalue weighted by molar-refractivity contribution is 1.18. The smallest absolute Gasteiger partial charge is 0.0548 e. The van der Waals surface area contributed by atoms with Crippen molar-refractivity contribution in [3.05, 3.63) is 218 Å². The summed E-state index contributed by atoms with van der Waals surface area (Å²) in [5.74, 6) is 0. The van der Waals surface area contributed by atoms with E-state index in [0.29, 0.717) is 0 Å². The van der Waals surface area contributed by atoms with Gasteiger partial charge in [-0.05, 0) is 107 Å². The van der Waals surface area contributed by atoms with Crippen LogP contribution in [0, 0.1) is 0 Å². The summed E-state index contributed by atoms with van der Waals surface area (Å²) in [6.07, 6.45) is 0. The van der Waals surface area contributed by atoms with Crippen molar-refractivity contribution < 1.29 is 0 Å². The normalized spacial score (nSPS) is 11.9. The first-order valence-electron chi connectivity index (χ1n) is 21.1. The van der Waals surface area contributed by atoms with E-state index in [1.165, 1.54) is 95.2 Å². The van der Waals surface area contributed by atoms with Gasteiger partial charge in [0.1, 0.15) is 0 Å². The molecular formula is C58H36N2S2. The number of fused-ring (bicyclic) bond motifs is 12. The fourth-order valence-corrected chi connectivity index (χ4v) is 12.0. The fourth-order valence-electron chi connectivity index (χ4n) is 9.77. The van der Waals surface area contributed by atoms with Gasteiger partial charge in [-0.2, -0.15) is 0 Å². The van der Waals surface area contributed by atoms with Gasteiger partial charge in [0.25, 0.3) is 0 Å². The van der Waals surface area contributed by atoms with Crippen LogP contribution in [0.3, 0.4) is 0 Å². The molecule has 0 radical (unpaired) electrons. The standard InChI is InChI=1S/C58H36N2S2/c1-2-11-37(12-3-1)38-21-27-42(28-22-38)59(48-18-10-14-41-13-4-5-15-45(41)48)43-29-23-39(24-30-43)40-25-31-44(32-26-40)60-49-33-35-53-55(46-16-6-8-19-51(46)61-53)57(49)58-50(60)34-36-54-56(58)47-17-7-9-20-52(47)62-54/h1-36H. The summed E-state index contributed by atoms with van der Waals surface area (Å²) in [6, 6.07) is 80.1. The average molecular weight is 825 g/mol. The first-order chi connectivity index (χ1) is 30.7. The number of benzene rings is 10. The Labute approximate surface area is 366 Å². The predicted molar refractivity (Wildman–Crippen MR) is 270 cm³/mol. The molecule has 10 aromatic carbocycles. The van der Waals surface area contributed by atoms with E-state index < -0.39 is 0 Å². The number of aromatic nitrogens is 1. The molecule has 4 heteroatoms. The highest BCUT2D eigenvalue weighted by atomic mass is 32.1. The Balaban J connectivity index is 0.928. The van der Waals surface area contributed by atoms with Crippen LogP contribution < -0.4 is 4.90 Å². The molecule has 0 amide bonds. The van der Waals surface area contributed by atoms with Crippen LogP contribution >= 0.6 is 22.7 Å². The van der Waals surface area contributed by atoms with Crippen molar-refractivity contribution in [2.24, 2.45) is 0 Å². The lowest BCUT2D eigenvalue weighted by atomic mass is 10.0. The Hall–Kier alpha value is -7.50. The topological polar surface area (TPSA) is 8.17 Å². The molecule has 0 saturated carbocycles. The molecule has 0 atom stereocenters. The van der Waals surface area contributed by atoms with E-state index in [9.17, 15) is 0 Å². The van der Waals surface area contributed by atoms with E-state index in [0.717, 1.165) is 22.7 Å². The van der Waals surface area contributed by atoms with Gasteiger partial charge in [0.15, 0.2) is 0 Å². The minimum absolute atomic E-state index is 1.11. The van der Waals surface area contributed by atoms with Gasteiger partial charge in [-0.3, -0.25) is 0 Å². The molecule has 0 N–H and O–H groups in total. The zero-order chi connectivity index (χ0) is 40.7. The summed E-state index contributed by atoms with van der Waals surface area (Å²) in [5.41, 5.74) is 11.8. The quantitative estimate of drug-likeness (QED) is 0.162. The monoisotopic (exact) mass is 824 g/mol. The van der Waals surface area contributed by atoms with Crippen molar-refractivity contribution in [2.75, 3.05) is 4.90 Å². The van der Waals surface area contributed by atoms with Gasteiger partial charge in [-0.25, -0.2) is 0 Å². The number of hydrogen-bond acceptors (Lipinski definition) is 3. The SMILES string of the molecule is c1ccc(-c2ccc(N(c3ccc(-c4ccc(-n5c6ccc7sc8ccccc8c7c6c6c7c(ccc65)sc5ccccc57)cc4)cc3)c3cccc4ccccc34)cc2)cc1. The lowest BCUT2D eigenvalue weighted by Crippen LogP contribution is -2.10. The summed E-state index contributed by atoms with van der Waals surface area (Å²) in [7, 11) is 0. The zero-order valence-corrected chi connectivity index (χ0v) is 35.1. The second-order valence-corrected chi connectivity index (χ2v) is 18.2. The van der Waals surface area contributed by atoms with Crippen molar-refractivity contribution >= 4 is 113 Å². The molecule has 2 nitrogen and oxygen atoms in total. The summed E-state index contributed by atoms with van der Waals surface area (Å²) in [4.78, 5) is 2.38. The van der Waals surface area contributed by atoms with Crippen LogP contribution in [-0.2, 0) is 0 Å². The van der Waals surface area contributed by atoms with Gasteiger partial charge >= 0.3 is 0 Å². The molecule has 0 spiro atoms. The molecule has 0 aliphatic heterocycles. The van der Waals surface area contributed by atoms with E-state index in [4.69, 9.17) is 0 Å². The Kier molecular flexibility index (Phi) is 7.99. The fraction of sp³-hybridized carbons (Fsp3) is 0. The Morgan fingerprint density at radius 3 is 1.32 bits per heavy atom. The molecule has 62 heavy (non-hydrogen) atoms. The number of thiophene rings is 2. The van der Waals surface area contributed by atoms with Crippen molar-refractivity contribution in [3.8, 4) is 27.9 Å². The first kappa shape index (κ1) is 35.3. The molecule has 0 saturated heterocycles. The van der Waals surface area contributed by atoms with E-state index >= 15 is 0 Å². The van der Waals surface area contributed by atoms with Crippen molar-refractivity contribution in [1.82, 2.24) is 4.57 Å². The van der Waals surface area contributed by atoms with Crippen molar-refractivity contribution in [3.63, 3.8) is 0 Å². The molecule has 0 aliphatic rings. The summed E-state index contributed by atoms with van der Waals surface area (Å²) in [5, 5.41) is 10.5. The molecular weight excluding hydrogens is 789 g/mol. The molecule has 13 aromatic rings. The van der Waals surface area contributed by atoms with Crippen LogP contribution in [-0.4, -0.2) is 4.57 Å². The van der Waals surface area contributed by atoms with Crippen LogP contribution in [0.25, 0.3) is 101 Å². The second kappa shape index (κ2) is 14.0. The minimum Gasteiger partial charge on any atom is -0.310 e. The van der Waals surface area contributed by atoms with E-state index in [1.54, 1.807) is 0 Å². The van der Waals surface area contributed by atoms with E-state index in [2.05, 4.69) is 228 Å². The third-order valence-corrected chi connectivity index (χ3v) is 14.9. The summed E-state index contributed by atoms with van der Waals surface area (Å²) in [6.45, 7) is 0. The van der Waals surface area contributed by atoms with E-state index in [1.807, 2.05) is 22.7 Å². The largest absolute Gasteiger partial charge is 0.310 e. The average Bonchev–Trinajstić information content (AvgIpc) is 4.02. The predicted octanol–water partition coefficient (Wildman–Crippen LogP) is 17.5. The third kappa shape index (κ3) is 5.47. The number of rotatable bonds is 6. The van der Waals surface area contributed by atoms with Gasteiger partial charge in [-0.15, -0.1) is 22.7 Å². The minimum atomic E-state index is 1.11. The molecule has 3 aromatic heterocycles. The second-order valence-electron chi connectivity index (χ2n) is 16.0. The van der Waals surface area contributed by atoms with Gasteiger partial charge < -0.3 is 9.47 Å². The van der Waals surface area contributed by atoms with Crippen LogP contribution in [0.5, 0.6) is 0 Å². The van der Waals surface area contributed by atoms with Gasteiger partial charge in [-0.1, -0.05) is 140 Å². The maximum absolute atomic E-state index is 2.49. The molecule has 3 heterocycles. The van der Waals surface area contributed by atoms with E-state index in [-0.39, 0.29) is 0 Å². The molecule has 0 fully saturated rings. The number of anilines is 3. The summed E-state index contributed by atoms with van der Waals surface area (Å²) < 4.78 is 7.80. The van der Waals surface area contributed by atoms with Gasteiger partial charge in [0.2, 0.25) is 0 Å². The Bertz CT molecular complexity index is 3700. The van der Waals surface area contributed by atoms with Crippen molar-refractivity contribution in [1.29, 1.82) is 0 Å².